The molecule has 0 radical (unpaired) electrons. The second-order valence-corrected chi connectivity index (χ2v) is 4.38. The molecule has 4 atom stereocenters. The minimum absolute atomic E-state index is 0.282. The van der Waals surface area contributed by atoms with Crippen LogP contribution in [-0.2, 0) is 19.2 Å². The lowest BCUT2D eigenvalue weighted by molar-refractivity contribution is -0.160. The predicted octanol–water partition coefficient (Wildman–Crippen LogP) is -1.62. The number of hydrogen-bond donors (Lipinski definition) is 4. The van der Waals surface area contributed by atoms with Crippen molar-refractivity contribution in [2.75, 3.05) is 0 Å². The highest BCUT2D eigenvalue weighted by Crippen LogP contribution is 2.38. The lowest BCUT2D eigenvalue weighted by Crippen LogP contribution is -2.48. The topological polar surface area (TPSA) is 161 Å². The van der Waals surface area contributed by atoms with Crippen LogP contribution in [0.2, 0.25) is 0 Å². The van der Waals surface area contributed by atoms with E-state index in [1.807, 2.05) is 0 Å². The SMILES string of the molecule is NC(=O)C1CC(C(=O)O)C(C(=O)O)CC1C(N)=O. The number of carbonyl (C=O) groups excluding carboxylic acids is 2. The molecular weight excluding hydrogens is 244 g/mol. The normalized spacial score (nSPS) is 31.6. The summed E-state index contributed by atoms with van der Waals surface area (Å²) in [5, 5.41) is 17.9. The van der Waals surface area contributed by atoms with E-state index >= 15 is 0 Å². The Balaban J connectivity index is 3.06. The lowest BCUT2D eigenvalue weighted by Gasteiger charge is -2.34. The third kappa shape index (κ3) is 2.58. The number of carboxylic acids is 2. The number of amides is 2. The van der Waals surface area contributed by atoms with Crippen LogP contribution in [0.5, 0.6) is 0 Å². The van der Waals surface area contributed by atoms with E-state index in [0.29, 0.717) is 0 Å². The van der Waals surface area contributed by atoms with Gasteiger partial charge in [-0.1, -0.05) is 0 Å². The smallest absolute Gasteiger partial charge is 0.307 e. The number of carbonyl (C=O) groups is 4. The summed E-state index contributed by atoms with van der Waals surface area (Å²) < 4.78 is 0. The zero-order chi connectivity index (χ0) is 14.0. The molecule has 0 heterocycles. The van der Waals surface area contributed by atoms with Crippen LogP contribution in [0.3, 0.4) is 0 Å². The molecule has 0 aromatic carbocycles. The van der Waals surface area contributed by atoms with E-state index in [1.54, 1.807) is 0 Å². The molecule has 8 nitrogen and oxygen atoms in total. The van der Waals surface area contributed by atoms with Crippen molar-refractivity contribution in [3.8, 4) is 0 Å². The van der Waals surface area contributed by atoms with Crippen molar-refractivity contribution < 1.29 is 29.4 Å². The van der Waals surface area contributed by atoms with Crippen molar-refractivity contribution in [3.63, 3.8) is 0 Å². The summed E-state index contributed by atoms with van der Waals surface area (Å²) in [4.78, 5) is 44.3. The quantitative estimate of drug-likeness (QED) is 0.474. The molecule has 0 aliphatic heterocycles. The van der Waals surface area contributed by atoms with Crippen LogP contribution >= 0.6 is 0 Å². The van der Waals surface area contributed by atoms with Crippen LogP contribution in [0.15, 0.2) is 0 Å². The zero-order valence-corrected chi connectivity index (χ0v) is 9.41. The molecule has 1 aliphatic carbocycles. The van der Waals surface area contributed by atoms with Crippen LogP contribution in [0.25, 0.3) is 0 Å². The van der Waals surface area contributed by atoms with Crippen LogP contribution < -0.4 is 11.5 Å². The Bertz CT molecular complexity index is 333. The van der Waals surface area contributed by atoms with Gasteiger partial charge in [-0.15, -0.1) is 0 Å². The fourth-order valence-corrected chi connectivity index (χ4v) is 2.38. The van der Waals surface area contributed by atoms with Crippen molar-refractivity contribution in [1.82, 2.24) is 0 Å². The van der Waals surface area contributed by atoms with E-state index in [9.17, 15) is 19.2 Å². The van der Waals surface area contributed by atoms with Gasteiger partial charge in [-0.2, -0.15) is 0 Å². The molecule has 0 spiro atoms. The van der Waals surface area contributed by atoms with Gasteiger partial charge in [-0.05, 0) is 12.8 Å². The van der Waals surface area contributed by atoms with Gasteiger partial charge in [-0.3, -0.25) is 19.2 Å². The minimum atomic E-state index is -1.32. The number of nitrogens with two attached hydrogens (primary N) is 2. The molecule has 4 unspecified atom stereocenters. The summed E-state index contributed by atoms with van der Waals surface area (Å²) in [5.41, 5.74) is 10.2. The van der Waals surface area contributed by atoms with E-state index in [0.717, 1.165) is 0 Å². The van der Waals surface area contributed by atoms with Crippen LogP contribution in [0.4, 0.5) is 0 Å². The van der Waals surface area contributed by atoms with E-state index in [-0.39, 0.29) is 12.8 Å². The van der Waals surface area contributed by atoms with Gasteiger partial charge in [0.1, 0.15) is 0 Å². The molecule has 1 saturated carbocycles. The van der Waals surface area contributed by atoms with Crippen LogP contribution in [-0.4, -0.2) is 34.0 Å². The van der Waals surface area contributed by atoms with Gasteiger partial charge in [0.15, 0.2) is 0 Å². The zero-order valence-electron chi connectivity index (χ0n) is 9.41. The Kier molecular flexibility index (Phi) is 3.89. The molecule has 2 amide bonds. The van der Waals surface area contributed by atoms with Gasteiger partial charge < -0.3 is 21.7 Å². The van der Waals surface area contributed by atoms with Gasteiger partial charge in [-0.25, -0.2) is 0 Å². The highest BCUT2D eigenvalue weighted by molar-refractivity contribution is 5.89. The van der Waals surface area contributed by atoms with Crippen molar-refractivity contribution >= 4 is 23.8 Å². The molecule has 1 fully saturated rings. The molecule has 1 aliphatic rings. The molecule has 100 valence electrons. The summed E-state index contributed by atoms with van der Waals surface area (Å²) in [6.45, 7) is 0. The van der Waals surface area contributed by atoms with E-state index in [1.165, 1.54) is 0 Å². The summed E-state index contributed by atoms with van der Waals surface area (Å²) in [5.74, 6) is -8.86. The average Bonchev–Trinajstić information content (AvgIpc) is 2.26. The standard InChI is InChI=1S/C10H14N2O6/c11-7(13)3-1-5(9(15)16)6(10(17)18)2-4(3)8(12)14/h3-6H,1-2H2,(H2,11,13)(H2,12,14)(H,15,16)(H,17,18). The maximum absolute atomic E-state index is 11.2. The number of carboxylic acid groups (broad SMARTS) is 2. The first-order chi connectivity index (χ1) is 8.25. The number of rotatable bonds is 4. The molecular formula is C10H14N2O6. The predicted molar refractivity (Wildman–Crippen MR) is 56.9 cm³/mol. The number of hydrogen-bond acceptors (Lipinski definition) is 4. The highest BCUT2D eigenvalue weighted by atomic mass is 16.4. The van der Waals surface area contributed by atoms with Crippen molar-refractivity contribution in [1.29, 1.82) is 0 Å². The van der Waals surface area contributed by atoms with E-state index in [4.69, 9.17) is 21.7 Å². The maximum Gasteiger partial charge on any atom is 0.307 e. The minimum Gasteiger partial charge on any atom is -0.481 e. The Morgan fingerprint density at radius 3 is 1.17 bits per heavy atom. The molecule has 6 N–H and O–H groups in total. The molecule has 8 heteroatoms. The van der Waals surface area contributed by atoms with Gasteiger partial charge >= 0.3 is 11.9 Å². The number of aliphatic carboxylic acids is 2. The van der Waals surface area contributed by atoms with Crippen molar-refractivity contribution in [3.05, 3.63) is 0 Å². The molecule has 0 aromatic heterocycles. The van der Waals surface area contributed by atoms with Gasteiger partial charge in [0.25, 0.3) is 0 Å². The summed E-state index contributed by atoms with van der Waals surface area (Å²) in [6.07, 6.45) is -0.565. The van der Waals surface area contributed by atoms with E-state index in [2.05, 4.69) is 0 Å². The Labute approximate surface area is 102 Å². The first-order valence-corrected chi connectivity index (χ1v) is 5.30. The molecule has 0 aromatic rings. The maximum atomic E-state index is 11.2. The lowest BCUT2D eigenvalue weighted by atomic mass is 9.67. The summed E-state index contributed by atoms with van der Waals surface area (Å²) in [6, 6.07) is 0. The Morgan fingerprint density at radius 1 is 0.722 bits per heavy atom. The largest absolute Gasteiger partial charge is 0.481 e. The van der Waals surface area contributed by atoms with Gasteiger partial charge in [0.05, 0.1) is 23.7 Å². The van der Waals surface area contributed by atoms with Crippen molar-refractivity contribution in [2.45, 2.75) is 12.8 Å². The monoisotopic (exact) mass is 258 g/mol. The first-order valence-electron chi connectivity index (χ1n) is 5.30. The Morgan fingerprint density at radius 2 is 1.00 bits per heavy atom. The fourth-order valence-electron chi connectivity index (χ4n) is 2.38. The van der Waals surface area contributed by atoms with Gasteiger partial charge in [0.2, 0.25) is 11.8 Å². The number of primary amides is 2. The second kappa shape index (κ2) is 5.03. The van der Waals surface area contributed by atoms with Crippen molar-refractivity contribution in [2.24, 2.45) is 35.1 Å². The summed E-state index contributed by atoms with van der Waals surface area (Å²) in [7, 11) is 0. The Hall–Kier alpha value is -2.12. The fraction of sp³-hybridized carbons (Fsp3) is 0.600. The highest BCUT2D eigenvalue weighted by Gasteiger charge is 2.47. The molecule has 18 heavy (non-hydrogen) atoms. The van der Waals surface area contributed by atoms with Crippen LogP contribution in [0, 0.1) is 23.7 Å². The molecule has 1 rings (SSSR count). The average molecular weight is 258 g/mol. The third-order valence-corrected chi connectivity index (χ3v) is 3.35. The summed E-state index contributed by atoms with van der Waals surface area (Å²) >= 11 is 0. The van der Waals surface area contributed by atoms with Crippen LogP contribution in [0.1, 0.15) is 12.8 Å². The van der Waals surface area contributed by atoms with Gasteiger partial charge in [0, 0.05) is 0 Å². The molecule has 0 saturated heterocycles. The molecule has 0 bridgehead atoms. The second-order valence-electron chi connectivity index (χ2n) is 4.38. The van der Waals surface area contributed by atoms with E-state index < -0.39 is 47.4 Å². The third-order valence-electron chi connectivity index (χ3n) is 3.35. The first kappa shape index (κ1) is 13.9.